The minimum absolute atomic E-state index is 0.0264. The molecule has 6 heteroatoms. The molecule has 0 aliphatic heterocycles. The lowest BCUT2D eigenvalue weighted by atomic mass is 10.1. The van der Waals surface area contributed by atoms with Crippen LogP contribution in [-0.4, -0.2) is 15.9 Å². The number of rotatable bonds is 4. The molecule has 1 heterocycles. The summed E-state index contributed by atoms with van der Waals surface area (Å²) in [4.78, 5) is 30.8. The smallest absolute Gasteiger partial charge is 0.301 e. The Morgan fingerprint density at radius 2 is 1.78 bits per heavy atom. The normalized spacial score (nSPS) is 12.0. The average Bonchev–Trinajstić information content (AvgIpc) is 2.60. The molecule has 0 saturated heterocycles. The molecule has 0 bridgehead atoms. The lowest BCUT2D eigenvalue weighted by Crippen LogP contribution is -2.40. The summed E-state index contributed by atoms with van der Waals surface area (Å²) in [7, 11) is 0. The van der Waals surface area contributed by atoms with Gasteiger partial charge in [0, 0.05) is 6.04 Å². The quantitative estimate of drug-likeness (QED) is 0.643. The third-order valence-corrected chi connectivity index (χ3v) is 3.53. The number of carbonyl (C=O) groups is 1. The molecule has 23 heavy (non-hydrogen) atoms. The standard InChI is InChI=1S/C17H16N4O2/c1-11(12-7-3-2-4-8-12)20-21-17(23)15-18-14-10-6-5-9-13(14)16(22)19-15/h2-11,20H,1H3,(H,21,23)(H,18,19,22). The number of carbonyl (C=O) groups excluding carboxylic acids is 1. The second-order valence-corrected chi connectivity index (χ2v) is 5.16. The van der Waals surface area contributed by atoms with Crippen molar-refractivity contribution in [2.45, 2.75) is 13.0 Å². The van der Waals surface area contributed by atoms with Gasteiger partial charge in [-0.3, -0.25) is 15.0 Å². The van der Waals surface area contributed by atoms with Crippen molar-refractivity contribution in [3.05, 3.63) is 76.3 Å². The van der Waals surface area contributed by atoms with Crippen LogP contribution in [0, 0.1) is 0 Å². The summed E-state index contributed by atoms with van der Waals surface area (Å²) < 4.78 is 0. The van der Waals surface area contributed by atoms with Gasteiger partial charge in [0.05, 0.1) is 10.9 Å². The summed E-state index contributed by atoms with van der Waals surface area (Å²) in [6.07, 6.45) is 0. The van der Waals surface area contributed by atoms with E-state index < -0.39 is 5.91 Å². The van der Waals surface area contributed by atoms with E-state index in [2.05, 4.69) is 20.8 Å². The number of amides is 1. The Morgan fingerprint density at radius 3 is 2.57 bits per heavy atom. The molecule has 1 unspecified atom stereocenters. The van der Waals surface area contributed by atoms with Crippen molar-refractivity contribution >= 4 is 16.8 Å². The lowest BCUT2D eigenvalue weighted by molar-refractivity contribution is 0.0916. The van der Waals surface area contributed by atoms with Crippen molar-refractivity contribution in [1.29, 1.82) is 0 Å². The lowest BCUT2D eigenvalue weighted by Gasteiger charge is -2.14. The molecule has 1 atom stereocenters. The van der Waals surface area contributed by atoms with Gasteiger partial charge in [-0.1, -0.05) is 42.5 Å². The van der Waals surface area contributed by atoms with Crippen molar-refractivity contribution < 1.29 is 4.79 Å². The Bertz CT molecular complexity index is 890. The highest BCUT2D eigenvalue weighted by Crippen LogP contribution is 2.10. The number of hydrogen-bond acceptors (Lipinski definition) is 4. The van der Waals surface area contributed by atoms with Gasteiger partial charge in [0.2, 0.25) is 5.82 Å². The summed E-state index contributed by atoms with van der Waals surface area (Å²) in [6, 6.07) is 16.5. The largest absolute Gasteiger partial charge is 0.302 e. The number of hydrogen-bond donors (Lipinski definition) is 3. The van der Waals surface area contributed by atoms with Gasteiger partial charge < -0.3 is 4.98 Å². The molecule has 116 valence electrons. The van der Waals surface area contributed by atoms with Crippen LogP contribution in [-0.2, 0) is 0 Å². The maximum atomic E-state index is 12.2. The fraction of sp³-hybridized carbons (Fsp3) is 0.118. The number of aromatic amines is 1. The van der Waals surface area contributed by atoms with Crippen molar-refractivity contribution in [2.75, 3.05) is 0 Å². The fourth-order valence-electron chi connectivity index (χ4n) is 2.25. The first-order valence-corrected chi connectivity index (χ1v) is 7.25. The second kappa shape index (κ2) is 6.41. The Kier molecular flexibility index (Phi) is 4.16. The summed E-state index contributed by atoms with van der Waals surface area (Å²) in [5.74, 6) is -0.517. The van der Waals surface area contributed by atoms with E-state index in [0.717, 1.165) is 5.56 Å². The zero-order valence-corrected chi connectivity index (χ0v) is 12.5. The van der Waals surface area contributed by atoms with Gasteiger partial charge in [-0.25, -0.2) is 10.4 Å². The Balaban J connectivity index is 1.75. The topological polar surface area (TPSA) is 86.9 Å². The van der Waals surface area contributed by atoms with Crippen molar-refractivity contribution in [2.24, 2.45) is 0 Å². The minimum Gasteiger partial charge on any atom is -0.302 e. The SMILES string of the molecule is CC(NNC(=O)c1nc2ccccc2c(=O)[nH]1)c1ccccc1. The number of fused-ring (bicyclic) bond motifs is 1. The first-order chi connectivity index (χ1) is 11.1. The highest BCUT2D eigenvalue weighted by Gasteiger charge is 2.12. The fourth-order valence-corrected chi connectivity index (χ4v) is 2.25. The first kappa shape index (κ1) is 14.9. The van der Waals surface area contributed by atoms with E-state index in [0.29, 0.717) is 10.9 Å². The maximum Gasteiger partial charge on any atom is 0.301 e. The molecule has 1 aromatic heterocycles. The van der Waals surface area contributed by atoms with E-state index in [9.17, 15) is 9.59 Å². The van der Waals surface area contributed by atoms with Gasteiger partial charge in [-0.05, 0) is 24.6 Å². The zero-order valence-electron chi connectivity index (χ0n) is 12.5. The third-order valence-electron chi connectivity index (χ3n) is 3.53. The van der Waals surface area contributed by atoms with Crippen molar-refractivity contribution in [3.8, 4) is 0 Å². The molecule has 3 aromatic rings. The van der Waals surface area contributed by atoms with Crippen LogP contribution in [0.5, 0.6) is 0 Å². The van der Waals surface area contributed by atoms with Crippen molar-refractivity contribution in [1.82, 2.24) is 20.8 Å². The molecule has 0 radical (unpaired) electrons. The number of para-hydroxylation sites is 1. The summed E-state index contributed by atoms with van der Waals surface area (Å²) in [5.41, 5.74) is 6.65. The van der Waals surface area contributed by atoms with Gasteiger partial charge in [0.1, 0.15) is 0 Å². The first-order valence-electron chi connectivity index (χ1n) is 7.25. The summed E-state index contributed by atoms with van der Waals surface area (Å²) in [6.45, 7) is 1.92. The highest BCUT2D eigenvalue weighted by atomic mass is 16.2. The van der Waals surface area contributed by atoms with E-state index in [1.807, 2.05) is 37.3 Å². The van der Waals surface area contributed by atoms with Crippen LogP contribution < -0.4 is 16.4 Å². The molecular formula is C17H16N4O2. The molecule has 2 aromatic carbocycles. The van der Waals surface area contributed by atoms with Crippen LogP contribution in [0.2, 0.25) is 0 Å². The van der Waals surface area contributed by atoms with Crippen LogP contribution in [0.25, 0.3) is 10.9 Å². The number of hydrazine groups is 1. The molecule has 0 fully saturated rings. The summed E-state index contributed by atoms with van der Waals surface area (Å²) in [5, 5.41) is 0.453. The molecule has 1 amide bonds. The molecule has 0 aliphatic carbocycles. The number of H-pyrrole nitrogens is 1. The molecule has 3 N–H and O–H groups in total. The molecule has 0 aliphatic rings. The molecular weight excluding hydrogens is 292 g/mol. The molecule has 6 nitrogen and oxygen atoms in total. The van der Waals surface area contributed by atoms with Crippen molar-refractivity contribution in [3.63, 3.8) is 0 Å². The van der Waals surface area contributed by atoms with Crippen LogP contribution in [0.15, 0.2) is 59.4 Å². The average molecular weight is 308 g/mol. The van der Waals surface area contributed by atoms with Gasteiger partial charge in [0.25, 0.3) is 5.56 Å². The van der Waals surface area contributed by atoms with E-state index in [-0.39, 0.29) is 17.4 Å². The van der Waals surface area contributed by atoms with Gasteiger partial charge >= 0.3 is 5.91 Å². The predicted octanol–water partition coefficient (Wildman–Crippen LogP) is 1.92. The monoisotopic (exact) mass is 308 g/mol. The second-order valence-electron chi connectivity index (χ2n) is 5.16. The maximum absolute atomic E-state index is 12.2. The van der Waals surface area contributed by atoms with Crippen LogP contribution >= 0.6 is 0 Å². The summed E-state index contributed by atoms with van der Waals surface area (Å²) >= 11 is 0. The van der Waals surface area contributed by atoms with Crippen LogP contribution in [0.4, 0.5) is 0 Å². The Morgan fingerprint density at radius 1 is 1.09 bits per heavy atom. The molecule has 3 rings (SSSR count). The Hall–Kier alpha value is -2.99. The van der Waals surface area contributed by atoms with Crippen LogP contribution in [0.3, 0.4) is 0 Å². The van der Waals surface area contributed by atoms with E-state index >= 15 is 0 Å². The Labute approximate surface area is 132 Å². The highest BCUT2D eigenvalue weighted by molar-refractivity contribution is 5.92. The number of nitrogens with one attached hydrogen (secondary N) is 3. The van der Waals surface area contributed by atoms with Gasteiger partial charge in [-0.15, -0.1) is 0 Å². The number of benzene rings is 2. The van der Waals surface area contributed by atoms with Crippen LogP contribution in [0.1, 0.15) is 29.1 Å². The van der Waals surface area contributed by atoms with E-state index in [1.165, 1.54) is 0 Å². The minimum atomic E-state index is -0.490. The number of aromatic nitrogens is 2. The zero-order chi connectivity index (χ0) is 16.2. The molecule has 0 spiro atoms. The van der Waals surface area contributed by atoms with E-state index in [1.54, 1.807) is 24.3 Å². The number of nitrogens with zero attached hydrogens (tertiary/aromatic N) is 1. The van der Waals surface area contributed by atoms with Gasteiger partial charge in [0.15, 0.2) is 0 Å². The predicted molar refractivity (Wildman–Crippen MR) is 87.8 cm³/mol. The molecule has 0 saturated carbocycles. The van der Waals surface area contributed by atoms with Gasteiger partial charge in [-0.2, -0.15) is 0 Å². The van der Waals surface area contributed by atoms with E-state index in [4.69, 9.17) is 0 Å². The third kappa shape index (κ3) is 3.27.